The van der Waals surface area contributed by atoms with E-state index in [9.17, 15) is 19.2 Å². The van der Waals surface area contributed by atoms with Crippen LogP contribution in [0.5, 0.6) is 0 Å². The van der Waals surface area contributed by atoms with Gasteiger partial charge in [0.15, 0.2) is 0 Å². The van der Waals surface area contributed by atoms with Crippen LogP contribution in [-0.4, -0.2) is 23.9 Å². The van der Waals surface area contributed by atoms with Gasteiger partial charge >= 0.3 is 23.9 Å². The van der Waals surface area contributed by atoms with E-state index in [0.717, 1.165) is 0 Å². The second-order valence-corrected chi connectivity index (χ2v) is 6.36. The molecule has 2 heterocycles. The Morgan fingerprint density at radius 3 is 2.45 bits per heavy atom. The molecule has 20 heavy (non-hydrogen) atoms. The summed E-state index contributed by atoms with van der Waals surface area (Å²) in [6.45, 7) is 0. The molecule has 106 valence electrons. The Bertz CT molecular complexity index is 552. The Morgan fingerprint density at radius 1 is 1.05 bits per heavy atom. The Hall–Kier alpha value is -1.72. The van der Waals surface area contributed by atoms with Crippen LogP contribution in [0.2, 0.25) is 0 Å². The van der Waals surface area contributed by atoms with E-state index in [-0.39, 0.29) is 23.7 Å². The zero-order chi connectivity index (χ0) is 14.1. The van der Waals surface area contributed by atoms with Crippen molar-refractivity contribution in [3.8, 4) is 0 Å². The largest absolute Gasteiger partial charge is 0.393 e. The third-order valence-corrected chi connectivity index (χ3v) is 5.67. The highest BCUT2D eigenvalue weighted by Crippen LogP contribution is 2.57. The first-order valence-corrected chi connectivity index (χ1v) is 7.04. The normalized spacial score (nSPS) is 45.2. The van der Waals surface area contributed by atoms with Gasteiger partial charge in [-0.3, -0.25) is 19.2 Å². The molecule has 4 rings (SSSR count). The summed E-state index contributed by atoms with van der Waals surface area (Å²) in [6, 6.07) is 0. The average Bonchev–Trinajstić information content (AvgIpc) is 2.59. The molecule has 5 unspecified atom stereocenters. The summed E-state index contributed by atoms with van der Waals surface area (Å²) >= 11 is 0. The van der Waals surface area contributed by atoms with Crippen molar-refractivity contribution in [2.45, 2.75) is 32.1 Å². The number of hydrogen-bond acceptors (Lipinski definition) is 6. The van der Waals surface area contributed by atoms with E-state index in [0.29, 0.717) is 32.1 Å². The van der Waals surface area contributed by atoms with Crippen molar-refractivity contribution in [1.82, 2.24) is 0 Å². The zero-order valence-corrected chi connectivity index (χ0v) is 10.8. The van der Waals surface area contributed by atoms with Crippen molar-refractivity contribution in [2.75, 3.05) is 0 Å². The first kappa shape index (κ1) is 12.1. The summed E-state index contributed by atoms with van der Waals surface area (Å²) in [5, 5.41) is 0. The first-order valence-electron chi connectivity index (χ1n) is 7.04. The van der Waals surface area contributed by atoms with E-state index in [1.54, 1.807) is 0 Å². The molecule has 2 saturated heterocycles. The van der Waals surface area contributed by atoms with Crippen molar-refractivity contribution < 1.29 is 28.7 Å². The van der Waals surface area contributed by atoms with Gasteiger partial charge in [-0.2, -0.15) is 0 Å². The van der Waals surface area contributed by atoms with Gasteiger partial charge in [0.05, 0.1) is 23.2 Å². The number of fused-ring (bicyclic) bond motifs is 2. The lowest BCUT2D eigenvalue weighted by Crippen LogP contribution is -2.45. The van der Waals surface area contributed by atoms with Crippen LogP contribution < -0.4 is 0 Å². The molecule has 6 heteroatoms. The second-order valence-electron chi connectivity index (χ2n) is 6.36. The van der Waals surface area contributed by atoms with Crippen LogP contribution in [0.25, 0.3) is 0 Å². The molecule has 2 aliphatic heterocycles. The van der Waals surface area contributed by atoms with Gasteiger partial charge in [-0.15, -0.1) is 0 Å². The number of hydrogen-bond donors (Lipinski definition) is 0. The molecule has 2 saturated carbocycles. The molecule has 2 aliphatic carbocycles. The van der Waals surface area contributed by atoms with Crippen molar-refractivity contribution >= 4 is 23.9 Å². The lowest BCUT2D eigenvalue weighted by molar-refractivity contribution is -0.156. The quantitative estimate of drug-likeness (QED) is 0.554. The molecule has 4 fully saturated rings. The topological polar surface area (TPSA) is 86.7 Å². The molecule has 0 aromatic rings. The number of cyclic esters (lactones) is 4. The molecule has 5 atom stereocenters. The lowest BCUT2D eigenvalue weighted by atomic mass is 9.56. The van der Waals surface area contributed by atoms with E-state index in [1.807, 2.05) is 0 Å². The highest BCUT2D eigenvalue weighted by molar-refractivity contribution is 6.00. The van der Waals surface area contributed by atoms with E-state index < -0.39 is 29.3 Å². The lowest BCUT2D eigenvalue weighted by Gasteiger charge is -2.42. The van der Waals surface area contributed by atoms with Gasteiger partial charge in [-0.05, 0) is 38.0 Å². The van der Waals surface area contributed by atoms with Crippen molar-refractivity contribution in [1.29, 1.82) is 0 Å². The fraction of sp³-hybridized carbons (Fsp3) is 0.714. The fourth-order valence-electron chi connectivity index (χ4n) is 4.23. The molecule has 0 aromatic carbocycles. The predicted molar refractivity (Wildman–Crippen MR) is 61.7 cm³/mol. The van der Waals surface area contributed by atoms with Crippen LogP contribution in [0.3, 0.4) is 0 Å². The minimum Gasteiger partial charge on any atom is -0.393 e. The molecular formula is C14H14O6. The van der Waals surface area contributed by atoms with Crippen molar-refractivity contribution in [3.05, 3.63) is 0 Å². The minimum atomic E-state index is -0.644. The number of rotatable bonds is 3. The van der Waals surface area contributed by atoms with Crippen molar-refractivity contribution in [2.24, 2.45) is 29.1 Å². The Balaban J connectivity index is 1.43. The smallest absolute Gasteiger partial charge is 0.320 e. The van der Waals surface area contributed by atoms with Gasteiger partial charge in [0.2, 0.25) is 0 Å². The Morgan fingerprint density at radius 2 is 1.85 bits per heavy atom. The average molecular weight is 278 g/mol. The highest BCUT2D eigenvalue weighted by atomic mass is 16.6. The SMILES string of the molecule is O=C1OC(=O)C2C(CCC34CCC3C(=O)OC4=O)CC12. The Kier molecular flexibility index (Phi) is 2.22. The molecule has 4 aliphatic rings. The van der Waals surface area contributed by atoms with Crippen LogP contribution >= 0.6 is 0 Å². The molecule has 0 N–H and O–H groups in total. The first-order chi connectivity index (χ1) is 9.53. The number of esters is 4. The molecule has 0 aromatic heterocycles. The maximum absolute atomic E-state index is 11.8. The van der Waals surface area contributed by atoms with Crippen LogP contribution in [0.1, 0.15) is 32.1 Å². The third-order valence-electron chi connectivity index (χ3n) is 5.67. The van der Waals surface area contributed by atoms with Crippen LogP contribution in [-0.2, 0) is 28.7 Å². The number of carbonyl (C=O) groups excluding carboxylic acids is 4. The maximum Gasteiger partial charge on any atom is 0.320 e. The Labute approximate surface area is 114 Å². The summed E-state index contributed by atoms with van der Waals surface area (Å²) < 4.78 is 9.36. The summed E-state index contributed by atoms with van der Waals surface area (Å²) in [7, 11) is 0. The van der Waals surface area contributed by atoms with E-state index in [1.165, 1.54) is 0 Å². The van der Waals surface area contributed by atoms with Gasteiger partial charge in [-0.25, -0.2) is 0 Å². The standard InChI is InChI=1S/C14H14O6/c15-10-7-5-6(9(7)12(17)19-10)1-3-14-4-2-8(14)11(16)20-13(14)18/h6-9H,1-5H2. The van der Waals surface area contributed by atoms with Crippen molar-refractivity contribution in [3.63, 3.8) is 0 Å². The summed E-state index contributed by atoms with van der Waals surface area (Å²) in [5.41, 5.74) is -0.644. The van der Waals surface area contributed by atoms with E-state index in [2.05, 4.69) is 4.74 Å². The number of carbonyl (C=O) groups is 4. The highest BCUT2D eigenvalue weighted by Gasteiger charge is 2.64. The maximum atomic E-state index is 11.8. The minimum absolute atomic E-state index is 0.0954. The predicted octanol–water partition coefficient (Wildman–Crippen LogP) is 0.582. The van der Waals surface area contributed by atoms with Gasteiger partial charge in [0, 0.05) is 0 Å². The summed E-state index contributed by atoms with van der Waals surface area (Å²) in [4.78, 5) is 46.2. The van der Waals surface area contributed by atoms with Crippen LogP contribution in [0.15, 0.2) is 0 Å². The number of ether oxygens (including phenoxy) is 2. The third kappa shape index (κ3) is 1.29. The van der Waals surface area contributed by atoms with Gasteiger partial charge in [0.25, 0.3) is 0 Å². The molecule has 0 spiro atoms. The monoisotopic (exact) mass is 278 g/mol. The van der Waals surface area contributed by atoms with E-state index >= 15 is 0 Å². The zero-order valence-electron chi connectivity index (χ0n) is 10.8. The molecule has 6 nitrogen and oxygen atoms in total. The molecule has 0 bridgehead atoms. The summed E-state index contributed by atoms with van der Waals surface area (Å²) in [6.07, 6.45) is 3.28. The summed E-state index contributed by atoms with van der Waals surface area (Å²) in [5.74, 6) is -2.44. The van der Waals surface area contributed by atoms with Crippen LogP contribution in [0, 0.1) is 29.1 Å². The fourth-order valence-corrected chi connectivity index (χ4v) is 4.23. The van der Waals surface area contributed by atoms with E-state index in [4.69, 9.17) is 4.74 Å². The van der Waals surface area contributed by atoms with Gasteiger partial charge in [0.1, 0.15) is 0 Å². The second kappa shape index (κ2) is 3.68. The van der Waals surface area contributed by atoms with Gasteiger partial charge < -0.3 is 9.47 Å². The van der Waals surface area contributed by atoms with Crippen LogP contribution in [0.4, 0.5) is 0 Å². The molecule has 0 amide bonds. The van der Waals surface area contributed by atoms with Gasteiger partial charge in [-0.1, -0.05) is 0 Å². The molecule has 0 radical (unpaired) electrons. The molecular weight excluding hydrogens is 264 g/mol.